The molecule has 8 heteroatoms. The Morgan fingerprint density at radius 1 is 1.42 bits per heavy atom. The van der Waals surface area contributed by atoms with Crippen LogP contribution < -0.4 is 15.3 Å². The van der Waals surface area contributed by atoms with Crippen molar-refractivity contribution < 1.29 is 13.9 Å². The summed E-state index contributed by atoms with van der Waals surface area (Å²) in [5, 5.41) is 8.92. The fraction of sp³-hybridized carbons (Fsp3) is 0.389. The van der Waals surface area contributed by atoms with Crippen molar-refractivity contribution in [1.29, 1.82) is 5.26 Å². The number of hydrogen-bond donors (Lipinski definition) is 0. The fourth-order valence-electron chi connectivity index (χ4n) is 4.22. The summed E-state index contributed by atoms with van der Waals surface area (Å²) < 4.78 is 26.5. The molecule has 0 radical (unpaired) electrons. The summed E-state index contributed by atoms with van der Waals surface area (Å²) in [6.07, 6.45) is 1.14. The summed E-state index contributed by atoms with van der Waals surface area (Å²) in [6.45, 7) is 1.99. The molecule has 1 spiro atoms. The highest BCUT2D eigenvalue weighted by Gasteiger charge is 2.56. The van der Waals surface area contributed by atoms with Crippen molar-refractivity contribution in [1.82, 2.24) is 9.55 Å². The molecule has 0 unspecified atom stereocenters. The molecule has 0 aliphatic carbocycles. The Kier molecular flexibility index (Phi) is 3.12. The molecule has 0 saturated carbocycles. The minimum Gasteiger partial charge on any atom is -0.473 e. The topological polar surface area (TPSA) is 80.4 Å². The maximum absolute atomic E-state index is 13.5. The van der Waals surface area contributed by atoms with Crippen molar-refractivity contribution in [3.63, 3.8) is 0 Å². The molecular formula is C18H15FN4O3. The largest absolute Gasteiger partial charge is 0.473 e. The first-order valence-corrected chi connectivity index (χ1v) is 8.40. The van der Waals surface area contributed by atoms with Gasteiger partial charge in [-0.15, -0.1) is 0 Å². The molecule has 26 heavy (non-hydrogen) atoms. The maximum Gasteiger partial charge on any atom is 0.352 e. The lowest BCUT2D eigenvalue weighted by atomic mass is 10.0. The minimum absolute atomic E-state index is 0.0270. The van der Waals surface area contributed by atoms with Crippen LogP contribution in [0.1, 0.15) is 17.5 Å². The molecule has 132 valence electrons. The highest BCUT2D eigenvalue weighted by Crippen LogP contribution is 2.46. The first-order valence-electron chi connectivity index (χ1n) is 8.40. The SMILES string of the molecule is N#Cc1cc(F)cc(COc2cc3n(c(=O)n2)C[C@]24CO[C@H](CN32)C4)c1. The molecule has 3 aliphatic rings. The summed E-state index contributed by atoms with van der Waals surface area (Å²) in [5.41, 5.74) is 0.234. The lowest BCUT2D eigenvalue weighted by molar-refractivity contribution is 0.0856. The van der Waals surface area contributed by atoms with Crippen LogP contribution in [-0.2, 0) is 17.9 Å². The summed E-state index contributed by atoms with van der Waals surface area (Å²) in [5.74, 6) is 0.493. The van der Waals surface area contributed by atoms with Gasteiger partial charge >= 0.3 is 5.69 Å². The number of ether oxygens (including phenoxy) is 2. The van der Waals surface area contributed by atoms with Crippen molar-refractivity contribution in [2.75, 3.05) is 18.1 Å². The number of aromatic nitrogens is 2. The average molecular weight is 354 g/mol. The Bertz CT molecular complexity index is 1010. The third-order valence-electron chi connectivity index (χ3n) is 5.32. The number of morpholine rings is 1. The average Bonchev–Trinajstić information content (AvgIpc) is 3.28. The molecule has 0 N–H and O–H groups in total. The first-order chi connectivity index (χ1) is 12.6. The predicted molar refractivity (Wildman–Crippen MR) is 88.4 cm³/mol. The van der Waals surface area contributed by atoms with E-state index in [4.69, 9.17) is 14.7 Å². The Hall–Kier alpha value is -2.92. The number of benzene rings is 1. The van der Waals surface area contributed by atoms with Crippen LogP contribution in [0.25, 0.3) is 0 Å². The number of hydrogen-bond acceptors (Lipinski definition) is 6. The van der Waals surface area contributed by atoms with E-state index in [1.807, 2.05) is 6.07 Å². The molecule has 3 aliphatic heterocycles. The number of fused-ring (bicyclic) bond motifs is 3. The second-order valence-electron chi connectivity index (χ2n) is 7.04. The second kappa shape index (κ2) is 5.29. The van der Waals surface area contributed by atoms with Gasteiger partial charge in [-0.25, -0.2) is 9.18 Å². The fourth-order valence-corrected chi connectivity index (χ4v) is 4.22. The van der Waals surface area contributed by atoms with E-state index in [1.54, 1.807) is 16.7 Å². The van der Waals surface area contributed by atoms with Crippen molar-refractivity contribution >= 4 is 5.82 Å². The van der Waals surface area contributed by atoms with Gasteiger partial charge in [0.05, 0.1) is 36.4 Å². The summed E-state index contributed by atoms with van der Waals surface area (Å²) in [4.78, 5) is 18.6. The van der Waals surface area contributed by atoms with Gasteiger partial charge in [0.2, 0.25) is 5.88 Å². The predicted octanol–water partition coefficient (Wildman–Crippen LogP) is 1.19. The molecule has 4 heterocycles. The highest BCUT2D eigenvalue weighted by molar-refractivity contribution is 5.52. The molecule has 5 rings (SSSR count). The normalized spacial score (nSPS) is 25.1. The Balaban J connectivity index is 1.42. The monoisotopic (exact) mass is 354 g/mol. The van der Waals surface area contributed by atoms with Gasteiger partial charge in [0, 0.05) is 19.0 Å². The van der Waals surface area contributed by atoms with Crippen molar-refractivity contribution in [2.24, 2.45) is 0 Å². The van der Waals surface area contributed by atoms with Gasteiger partial charge in [-0.05, 0) is 23.8 Å². The minimum atomic E-state index is -0.500. The molecule has 1 aromatic carbocycles. The molecule has 2 aromatic rings. The zero-order chi connectivity index (χ0) is 17.9. The molecule has 2 atom stereocenters. The Morgan fingerprint density at radius 2 is 2.31 bits per heavy atom. The van der Waals surface area contributed by atoms with E-state index in [-0.39, 0.29) is 35.4 Å². The number of nitriles is 1. The van der Waals surface area contributed by atoms with Crippen LogP contribution in [0.3, 0.4) is 0 Å². The Labute approximate surface area is 148 Å². The molecule has 2 fully saturated rings. The zero-order valence-corrected chi connectivity index (χ0v) is 13.8. The number of halogens is 1. The number of anilines is 1. The van der Waals surface area contributed by atoms with E-state index in [2.05, 4.69) is 9.88 Å². The van der Waals surface area contributed by atoms with E-state index in [0.29, 0.717) is 18.7 Å². The smallest absolute Gasteiger partial charge is 0.352 e. The third-order valence-corrected chi connectivity index (χ3v) is 5.32. The van der Waals surface area contributed by atoms with Gasteiger partial charge in [-0.3, -0.25) is 4.57 Å². The molecular weight excluding hydrogens is 339 g/mol. The van der Waals surface area contributed by atoms with Crippen LogP contribution in [0, 0.1) is 17.1 Å². The van der Waals surface area contributed by atoms with Gasteiger partial charge in [-0.1, -0.05) is 0 Å². The van der Waals surface area contributed by atoms with Crippen molar-refractivity contribution in [3.8, 4) is 11.9 Å². The van der Waals surface area contributed by atoms with E-state index < -0.39 is 5.82 Å². The van der Waals surface area contributed by atoms with Gasteiger partial charge < -0.3 is 14.4 Å². The molecule has 7 nitrogen and oxygen atoms in total. The number of rotatable bonds is 3. The van der Waals surface area contributed by atoms with E-state index >= 15 is 0 Å². The summed E-state index contributed by atoms with van der Waals surface area (Å²) in [7, 11) is 0. The summed E-state index contributed by atoms with van der Waals surface area (Å²) >= 11 is 0. The van der Waals surface area contributed by atoms with Crippen LogP contribution in [0.5, 0.6) is 5.88 Å². The van der Waals surface area contributed by atoms with Crippen molar-refractivity contribution in [3.05, 3.63) is 51.7 Å². The second-order valence-corrected chi connectivity index (χ2v) is 7.04. The molecule has 0 amide bonds. The molecule has 1 aromatic heterocycles. The van der Waals surface area contributed by atoms with Crippen LogP contribution in [0.2, 0.25) is 0 Å². The molecule has 2 saturated heterocycles. The Morgan fingerprint density at radius 3 is 3.12 bits per heavy atom. The zero-order valence-electron chi connectivity index (χ0n) is 13.8. The van der Waals surface area contributed by atoms with Crippen LogP contribution in [0.15, 0.2) is 29.1 Å². The first kappa shape index (κ1) is 15.3. The van der Waals surface area contributed by atoms with Gasteiger partial charge in [0.1, 0.15) is 18.2 Å². The third kappa shape index (κ3) is 2.21. The van der Waals surface area contributed by atoms with Crippen LogP contribution in [-0.4, -0.2) is 34.3 Å². The lowest BCUT2D eigenvalue weighted by Crippen LogP contribution is -2.46. The lowest BCUT2D eigenvalue weighted by Gasteiger charge is -2.32. The highest BCUT2D eigenvalue weighted by atomic mass is 19.1. The number of nitrogens with zero attached hydrogens (tertiary/aromatic N) is 4. The summed E-state index contributed by atoms with van der Waals surface area (Å²) in [6, 6.07) is 7.67. The van der Waals surface area contributed by atoms with E-state index in [1.165, 1.54) is 6.07 Å². The van der Waals surface area contributed by atoms with E-state index in [0.717, 1.165) is 24.8 Å². The molecule has 2 bridgehead atoms. The van der Waals surface area contributed by atoms with Gasteiger partial charge in [0.15, 0.2) is 0 Å². The van der Waals surface area contributed by atoms with Gasteiger partial charge in [-0.2, -0.15) is 10.2 Å². The van der Waals surface area contributed by atoms with Gasteiger partial charge in [0.25, 0.3) is 0 Å². The van der Waals surface area contributed by atoms with Crippen LogP contribution >= 0.6 is 0 Å². The van der Waals surface area contributed by atoms with E-state index in [9.17, 15) is 9.18 Å². The standard InChI is InChI=1S/C18H15FN4O3/c19-13-2-11(6-20)1-12(3-13)8-25-15-4-16-22(17(24)21-15)9-18-5-14(26-10-18)7-23(16)18/h1-4,14H,5,7-10H2/t14-,18+/m0/s1. The quantitative estimate of drug-likeness (QED) is 0.824. The maximum atomic E-state index is 13.5. The van der Waals surface area contributed by atoms with Crippen LogP contribution in [0.4, 0.5) is 10.2 Å². The van der Waals surface area contributed by atoms with Crippen molar-refractivity contribution in [2.45, 2.75) is 31.2 Å².